The second-order valence-electron chi connectivity index (χ2n) is 7.60. The SMILES string of the molecule is C=CCn1nnc(NC(=O)CC23CC4CC(CC(C4)C2)C3)n1. The molecular weight excluding hydrogens is 278 g/mol. The number of amides is 1. The van der Waals surface area contributed by atoms with Crippen molar-refractivity contribution in [1.82, 2.24) is 20.2 Å². The highest BCUT2D eigenvalue weighted by Crippen LogP contribution is 2.61. The zero-order valence-electron chi connectivity index (χ0n) is 12.9. The molecule has 0 saturated heterocycles. The van der Waals surface area contributed by atoms with Crippen LogP contribution in [0.15, 0.2) is 12.7 Å². The van der Waals surface area contributed by atoms with Crippen molar-refractivity contribution in [2.75, 3.05) is 5.32 Å². The maximum atomic E-state index is 12.4. The fraction of sp³-hybridized carbons (Fsp3) is 0.750. The lowest BCUT2D eigenvalue weighted by Crippen LogP contribution is -2.47. The first-order valence-corrected chi connectivity index (χ1v) is 8.33. The number of aromatic nitrogens is 4. The number of hydrogen-bond acceptors (Lipinski definition) is 4. The van der Waals surface area contributed by atoms with Gasteiger partial charge < -0.3 is 0 Å². The highest BCUT2D eigenvalue weighted by Gasteiger charge is 2.51. The second-order valence-corrected chi connectivity index (χ2v) is 7.60. The molecule has 1 aromatic heterocycles. The molecule has 1 aromatic rings. The molecule has 0 spiro atoms. The van der Waals surface area contributed by atoms with Crippen LogP contribution in [0.2, 0.25) is 0 Å². The third-order valence-electron chi connectivity index (χ3n) is 5.70. The Hall–Kier alpha value is -1.72. The van der Waals surface area contributed by atoms with Gasteiger partial charge >= 0.3 is 0 Å². The number of nitrogens with zero attached hydrogens (tertiary/aromatic N) is 4. The third-order valence-corrected chi connectivity index (χ3v) is 5.70. The second kappa shape index (κ2) is 5.18. The Kier molecular flexibility index (Phi) is 3.27. The minimum atomic E-state index is 0.0418. The van der Waals surface area contributed by atoms with Crippen LogP contribution in [0, 0.1) is 23.2 Å². The Morgan fingerprint density at radius 2 is 1.91 bits per heavy atom. The van der Waals surface area contributed by atoms with E-state index < -0.39 is 0 Å². The van der Waals surface area contributed by atoms with E-state index in [2.05, 4.69) is 27.3 Å². The van der Waals surface area contributed by atoms with E-state index in [1.807, 2.05) is 0 Å². The Labute approximate surface area is 130 Å². The van der Waals surface area contributed by atoms with Crippen LogP contribution in [0.4, 0.5) is 5.95 Å². The molecule has 1 amide bonds. The first kappa shape index (κ1) is 13.9. The van der Waals surface area contributed by atoms with Gasteiger partial charge in [-0.1, -0.05) is 11.2 Å². The fourth-order valence-corrected chi connectivity index (χ4v) is 5.50. The Bertz CT molecular complexity index is 558. The Balaban J connectivity index is 1.40. The summed E-state index contributed by atoms with van der Waals surface area (Å²) in [7, 11) is 0. The van der Waals surface area contributed by atoms with Crippen molar-refractivity contribution in [3.05, 3.63) is 12.7 Å². The number of rotatable bonds is 5. The molecule has 6 nitrogen and oxygen atoms in total. The van der Waals surface area contributed by atoms with Crippen LogP contribution in [0.1, 0.15) is 44.9 Å². The van der Waals surface area contributed by atoms with E-state index in [0.717, 1.165) is 17.8 Å². The summed E-state index contributed by atoms with van der Waals surface area (Å²) in [5.41, 5.74) is 0.246. The molecule has 4 saturated carbocycles. The van der Waals surface area contributed by atoms with Gasteiger partial charge in [-0.3, -0.25) is 10.1 Å². The monoisotopic (exact) mass is 301 g/mol. The molecule has 4 aliphatic carbocycles. The molecule has 0 aliphatic heterocycles. The smallest absolute Gasteiger partial charge is 0.270 e. The molecule has 22 heavy (non-hydrogen) atoms. The average Bonchev–Trinajstić information content (AvgIpc) is 2.83. The maximum absolute atomic E-state index is 12.4. The number of hydrogen-bond donors (Lipinski definition) is 1. The van der Waals surface area contributed by atoms with Crippen LogP contribution in [0.5, 0.6) is 0 Å². The summed E-state index contributed by atoms with van der Waals surface area (Å²) in [5, 5.41) is 14.7. The predicted octanol–water partition coefficient (Wildman–Crippen LogP) is 2.40. The summed E-state index contributed by atoms with van der Waals surface area (Å²) in [6.07, 6.45) is 10.2. The molecule has 0 unspecified atom stereocenters. The van der Waals surface area contributed by atoms with Crippen LogP contribution >= 0.6 is 0 Å². The topological polar surface area (TPSA) is 72.7 Å². The molecule has 6 heteroatoms. The molecule has 0 radical (unpaired) electrons. The standard InChI is InChI=1S/C16H23N5O/c1-2-3-21-19-15(18-20-21)17-14(22)10-16-7-11-4-12(8-16)6-13(5-11)9-16/h2,11-13H,1,3-10H2,(H,17,19,22). The highest BCUT2D eigenvalue weighted by atomic mass is 16.1. The van der Waals surface area contributed by atoms with Crippen LogP contribution in [0.25, 0.3) is 0 Å². The summed E-state index contributed by atoms with van der Waals surface area (Å²) in [6.45, 7) is 4.13. The third kappa shape index (κ3) is 2.55. The van der Waals surface area contributed by atoms with Crippen molar-refractivity contribution in [3.63, 3.8) is 0 Å². The highest BCUT2D eigenvalue weighted by molar-refractivity contribution is 5.89. The summed E-state index contributed by atoms with van der Waals surface area (Å²) in [5.74, 6) is 2.94. The predicted molar refractivity (Wildman–Crippen MR) is 81.9 cm³/mol. The van der Waals surface area contributed by atoms with E-state index in [1.54, 1.807) is 6.08 Å². The molecule has 1 heterocycles. The van der Waals surface area contributed by atoms with Gasteiger partial charge in [-0.15, -0.1) is 11.7 Å². The van der Waals surface area contributed by atoms with Crippen molar-refractivity contribution in [1.29, 1.82) is 0 Å². The number of carbonyl (C=O) groups is 1. The lowest BCUT2D eigenvalue weighted by Gasteiger charge is -2.56. The van der Waals surface area contributed by atoms with E-state index in [0.29, 0.717) is 18.9 Å². The van der Waals surface area contributed by atoms with Gasteiger partial charge in [0, 0.05) is 6.42 Å². The van der Waals surface area contributed by atoms with E-state index in [4.69, 9.17) is 0 Å². The maximum Gasteiger partial charge on any atom is 0.270 e. The quantitative estimate of drug-likeness (QED) is 0.848. The van der Waals surface area contributed by atoms with Crippen molar-refractivity contribution in [2.45, 2.75) is 51.5 Å². The summed E-state index contributed by atoms with van der Waals surface area (Å²) < 4.78 is 0. The van der Waals surface area contributed by atoms with Crippen LogP contribution < -0.4 is 5.32 Å². The van der Waals surface area contributed by atoms with Gasteiger partial charge in [0.1, 0.15) is 0 Å². The summed E-state index contributed by atoms with van der Waals surface area (Å²) in [4.78, 5) is 13.8. The fourth-order valence-electron chi connectivity index (χ4n) is 5.50. The normalized spacial score (nSPS) is 35.5. The van der Waals surface area contributed by atoms with Gasteiger partial charge in [-0.05, 0) is 66.9 Å². The summed E-state index contributed by atoms with van der Waals surface area (Å²) >= 11 is 0. The van der Waals surface area contributed by atoms with Gasteiger partial charge in [-0.25, -0.2) is 0 Å². The lowest BCUT2D eigenvalue weighted by molar-refractivity contribution is -0.124. The van der Waals surface area contributed by atoms with Crippen molar-refractivity contribution >= 4 is 11.9 Å². The molecule has 4 bridgehead atoms. The molecule has 5 rings (SSSR count). The van der Waals surface area contributed by atoms with E-state index in [-0.39, 0.29) is 11.3 Å². The molecule has 4 aliphatic rings. The van der Waals surface area contributed by atoms with Gasteiger partial charge in [0.15, 0.2) is 0 Å². The zero-order chi connectivity index (χ0) is 15.2. The Morgan fingerprint density at radius 1 is 1.27 bits per heavy atom. The molecule has 0 aromatic carbocycles. The first-order valence-electron chi connectivity index (χ1n) is 8.33. The van der Waals surface area contributed by atoms with Gasteiger partial charge in [0.05, 0.1) is 6.54 Å². The van der Waals surface area contributed by atoms with Gasteiger partial charge in [0.25, 0.3) is 5.95 Å². The summed E-state index contributed by atoms with van der Waals surface area (Å²) in [6, 6.07) is 0. The number of allylic oxidation sites excluding steroid dienone is 1. The number of nitrogens with one attached hydrogen (secondary N) is 1. The minimum Gasteiger partial charge on any atom is -0.292 e. The zero-order valence-corrected chi connectivity index (χ0v) is 12.9. The van der Waals surface area contributed by atoms with E-state index in [9.17, 15) is 4.79 Å². The first-order chi connectivity index (χ1) is 10.6. The van der Waals surface area contributed by atoms with E-state index >= 15 is 0 Å². The Morgan fingerprint density at radius 3 is 2.50 bits per heavy atom. The number of carbonyl (C=O) groups excluding carboxylic acids is 1. The van der Waals surface area contributed by atoms with Crippen LogP contribution in [-0.4, -0.2) is 26.1 Å². The van der Waals surface area contributed by atoms with Crippen molar-refractivity contribution < 1.29 is 4.79 Å². The van der Waals surface area contributed by atoms with Gasteiger partial charge in [0.2, 0.25) is 5.91 Å². The molecule has 118 valence electrons. The number of tetrazole rings is 1. The molecule has 1 N–H and O–H groups in total. The van der Waals surface area contributed by atoms with E-state index in [1.165, 1.54) is 43.3 Å². The van der Waals surface area contributed by atoms with Crippen LogP contribution in [-0.2, 0) is 11.3 Å². The average molecular weight is 301 g/mol. The number of anilines is 1. The molecule has 4 fully saturated rings. The molecular formula is C16H23N5O. The van der Waals surface area contributed by atoms with Crippen molar-refractivity contribution in [3.8, 4) is 0 Å². The van der Waals surface area contributed by atoms with Crippen molar-refractivity contribution in [2.24, 2.45) is 23.2 Å². The van der Waals surface area contributed by atoms with Crippen LogP contribution in [0.3, 0.4) is 0 Å². The largest absolute Gasteiger partial charge is 0.292 e. The molecule has 0 atom stereocenters. The minimum absolute atomic E-state index is 0.0418. The van der Waals surface area contributed by atoms with Gasteiger partial charge in [-0.2, -0.15) is 4.80 Å². The lowest BCUT2D eigenvalue weighted by atomic mass is 9.49.